The van der Waals surface area contributed by atoms with Gasteiger partial charge in [0.1, 0.15) is 17.6 Å². The lowest BCUT2D eigenvalue weighted by Crippen LogP contribution is -2.50. The van der Waals surface area contributed by atoms with Crippen LogP contribution in [-0.4, -0.2) is 61.1 Å². The lowest BCUT2D eigenvalue weighted by atomic mass is 9.98. The van der Waals surface area contributed by atoms with Crippen molar-refractivity contribution in [2.45, 2.75) is 44.8 Å². The summed E-state index contributed by atoms with van der Waals surface area (Å²) in [6, 6.07) is 13.8. The quantitative estimate of drug-likeness (QED) is 0.666. The molecule has 0 spiro atoms. The van der Waals surface area contributed by atoms with E-state index in [1.54, 1.807) is 7.11 Å². The summed E-state index contributed by atoms with van der Waals surface area (Å²) in [4.78, 5) is 17.4. The van der Waals surface area contributed by atoms with E-state index in [2.05, 4.69) is 4.90 Å². The van der Waals surface area contributed by atoms with E-state index in [4.69, 9.17) is 21.1 Å². The molecule has 166 valence electrons. The Bertz CT molecular complexity index is 886. The molecular weight excluding hydrogens is 412 g/mol. The van der Waals surface area contributed by atoms with Crippen LogP contribution in [0, 0.1) is 6.92 Å². The largest absolute Gasteiger partial charge is 0.497 e. The molecule has 4 rings (SSSR count). The molecule has 2 aromatic carbocycles. The molecule has 0 N–H and O–H groups in total. The van der Waals surface area contributed by atoms with Crippen LogP contribution in [-0.2, 0) is 0 Å². The number of piperidine rings is 2. The number of nitrogens with zero attached hydrogens (tertiary/aromatic N) is 2. The van der Waals surface area contributed by atoms with Crippen LogP contribution in [0.2, 0.25) is 5.02 Å². The van der Waals surface area contributed by atoms with Gasteiger partial charge in [-0.1, -0.05) is 11.6 Å². The average molecular weight is 443 g/mol. The van der Waals surface area contributed by atoms with Gasteiger partial charge in [-0.2, -0.15) is 0 Å². The molecule has 5 nitrogen and oxygen atoms in total. The normalized spacial score (nSPS) is 18.7. The summed E-state index contributed by atoms with van der Waals surface area (Å²) < 4.78 is 11.4. The molecule has 2 aliphatic rings. The third-order valence-corrected chi connectivity index (χ3v) is 6.75. The van der Waals surface area contributed by atoms with Crippen molar-refractivity contribution < 1.29 is 14.3 Å². The first-order valence-corrected chi connectivity index (χ1v) is 11.5. The zero-order valence-electron chi connectivity index (χ0n) is 18.4. The van der Waals surface area contributed by atoms with Gasteiger partial charge in [0.15, 0.2) is 0 Å². The number of amides is 1. The van der Waals surface area contributed by atoms with Gasteiger partial charge in [0.05, 0.1) is 7.11 Å². The van der Waals surface area contributed by atoms with E-state index < -0.39 is 0 Å². The van der Waals surface area contributed by atoms with Crippen LogP contribution in [0.4, 0.5) is 0 Å². The summed E-state index contributed by atoms with van der Waals surface area (Å²) in [6.45, 7) is 5.77. The predicted octanol–water partition coefficient (Wildman–Crippen LogP) is 4.81. The SMILES string of the molecule is COc1ccc(C(=O)N2CCC(N3CCC(Oc4ccc(Cl)cc4C)CC3)CC2)cc1. The van der Waals surface area contributed by atoms with E-state index >= 15 is 0 Å². The Morgan fingerprint density at radius 1 is 0.968 bits per heavy atom. The highest BCUT2D eigenvalue weighted by molar-refractivity contribution is 6.30. The highest BCUT2D eigenvalue weighted by atomic mass is 35.5. The first kappa shape index (κ1) is 22.0. The van der Waals surface area contributed by atoms with Crippen molar-refractivity contribution in [3.8, 4) is 11.5 Å². The standard InChI is InChI=1S/C25H31ClN2O3/c1-18-17-20(26)5-8-24(18)31-23-11-15-27(16-12-23)21-9-13-28(14-10-21)25(29)19-3-6-22(30-2)7-4-19/h3-8,17,21,23H,9-16H2,1-2H3. The predicted molar refractivity (Wildman–Crippen MR) is 123 cm³/mol. The molecule has 0 saturated carbocycles. The molecule has 2 aliphatic heterocycles. The lowest BCUT2D eigenvalue weighted by Gasteiger charge is -2.41. The number of hydrogen-bond acceptors (Lipinski definition) is 4. The molecule has 1 amide bonds. The molecule has 0 aromatic heterocycles. The number of benzene rings is 2. The van der Waals surface area contributed by atoms with E-state index in [1.807, 2.05) is 54.3 Å². The zero-order chi connectivity index (χ0) is 21.8. The first-order valence-electron chi connectivity index (χ1n) is 11.1. The first-order chi connectivity index (χ1) is 15.0. The van der Waals surface area contributed by atoms with Gasteiger partial charge in [-0.15, -0.1) is 0 Å². The molecule has 0 bridgehead atoms. The second-order valence-corrected chi connectivity index (χ2v) is 8.95. The zero-order valence-corrected chi connectivity index (χ0v) is 19.1. The number of aryl methyl sites for hydroxylation is 1. The number of methoxy groups -OCH3 is 1. The van der Waals surface area contributed by atoms with E-state index in [1.165, 1.54) is 0 Å². The number of ether oxygens (including phenoxy) is 2. The highest BCUT2D eigenvalue weighted by Crippen LogP contribution is 2.27. The second kappa shape index (κ2) is 9.92. The van der Waals surface area contributed by atoms with Gasteiger partial charge in [-0.05, 0) is 80.6 Å². The number of likely N-dealkylation sites (tertiary alicyclic amines) is 2. The van der Waals surface area contributed by atoms with Crippen molar-refractivity contribution in [3.63, 3.8) is 0 Å². The lowest BCUT2D eigenvalue weighted by molar-refractivity contribution is 0.0424. The van der Waals surface area contributed by atoms with Crippen molar-refractivity contribution in [1.29, 1.82) is 0 Å². The number of hydrogen-bond donors (Lipinski definition) is 0. The van der Waals surface area contributed by atoms with Gasteiger partial charge in [0.2, 0.25) is 0 Å². The third-order valence-electron chi connectivity index (χ3n) is 6.51. The van der Waals surface area contributed by atoms with Crippen LogP contribution < -0.4 is 9.47 Å². The molecule has 31 heavy (non-hydrogen) atoms. The number of halogens is 1. The van der Waals surface area contributed by atoms with Crippen LogP contribution in [0.5, 0.6) is 11.5 Å². The minimum absolute atomic E-state index is 0.117. The summed E-state index contributed by atoms with van der Waals surface area (Å²) in [5.41, 5.74) is 1.82. The Balaban J connectivity index is 1.24. The molecule has 0 radical (unpaired) electrons. The molecule has 0 unspecified atom stereocenters. The Morgan fingerprint density at radius 2 is 1.65 bits per heavy atom. The van der Waals surface area contributed by atoms with Gasteiger partial charge in [-0.25, -0.2) is 0 Å². The molecule has 0 atom stereocenters. The molecule has 6 heteroatoms. The molecule has 2 aromatic rings. The minimum atomic E-state index is 0.117. The van der Waals surface area contributed by atoms with E-state index in [9.17, 15) is 4.79 Å². The van der Waals surface area contributed by atoms with Crippen LogP contribution in [0.25, 0.3) is 0 Å². The van der Waals surface area contributed by atoms with E-state index in [-0.39, 0.29) is 12.0 Å². The number of carbonyl (C=O) groups is 1. The van der Waals surface area contributed by atoms with Crippen LogP contribution in [0.1, 0.15) is 41.6 Å². The summed E-state index contributed by atoms with van der Waals surface area (Å²) in [7, 11) is 1.63. The van der Waals surface area contributed by atoms with Gasteiger partial charge >= 0.3 is 0 Å². The van der Waals surface area contributed by atoms with Crippen molar-refractivity contribution in [3.05, 3.63) is 58.6 Å². The van der Waals surface area contributed by atoms with Crippen LogP contribution in [0.3, 0.4) is 0 Å². The molecule has 2 heterocycles. The maximum atomic E-state index is 12.8. The third kappa shape index (κ3) is 5.34. The van der Waals surface area contributed by atoms with Crippen LogP contribution in [0.15, 0.2) is 42.5 Å². The Hall–Kier alpha value is -2.24. The van der Waals surface area contributed by atoms with Gasteiger partial charge in [0.25, 0.3) is 5.91 Å². The van der Waals surface area contributed by atoms with Crippen molar-refractivity contribution in [2.24, 2.45) is 0 Å². The van der Waals surface area contributed by atoms with Gasteiger partial charge in [0, 0.05) is 42.8 Å². The molecule has 0 aliphatic carbocycles. The molecular formula is C25H31ClN2O3. The summed E-state index contributed by atoms with van der Waals surface area (Å²) >= 11 is 6.05. The number of carbonyl (C=O) groups excluding carboxylic acids is 1. The minimum Gasteiger partial charge on any atom is -0.497 e. The fourth-order valence-corrected chi connectivity index (χ4v) is 4.86. The van der Waals surface area contributed by atoms with Crippen molar-refractivity contribution >= 4 is 17.5 Å². The molecule has 2 saturated heterocycles. The van der Waals surface area contributed by atoms with Crippen LogP contribution >= 0.6 is 11.6 Å². The number of rotatable bonds is 5. The van der Waals surface area contributed by atoms with E-state index in [0.717, 1.165) is 79.5 Å². The Morgan fingerprint density at radius 3 is 2.26 bits per heavy atom. The molecule has 2 fully saturated rings. The van der Waals surface area contributed by atoms with E-state index in [0.29, 0.717) is 6.04 Å². The monoisotopic (exact) mass is 442 g/mol. The van der Waals surface area contributed by atoms with Gasteiger partial charge in [-0.3, -0.25) is 9.69 Å². The smallest absolute Gasteiger partial charge is 0.253 e. The fourth-order valence-electron chi connectivity index (χ4n) is 4.63. The van der Waals surface area contributed by atoms with Crippen molar-refractivity contribution in [1.82, 2.24) is 9.80 Å². The van der Waals surface area contributed by atoms with Gasteiger partial charge < -0.3 is 14.4 Å². The van der Waals surface area contributed by atoms with Crippen molar-refractivity contribution in [2.75, 3.05) is 33.3 Å². The maximum Gasteiger partial charge on any atom is 0.253 e. The Labute approximate surface area is 189 Å². The summed E-state index contributed by atoms with van der Waals surface area (Å²) in [5.74, 6) is 1.83. The summed E-state index contributed by atoms with van der Waals surface area (Å²) in [5, 5.41) is 0.747. The average Bonchev–Trinajstić information content (AvgIpc) is 2.81. The summed E-state index contributed by atoms with van der Waals surface area (Å²) in [6.07, 6.45) is 4.39. The maximum absolute atomic E-state index is 12.8. The topological polar surface area (TPSA) is 42.0 Å². The Kier molecular flexibility index (Phi) is 7.03. The highest BCUT2D eigenvalue weighted by Gasteiger charge is 2.30. The second-order valence-electron chi connectivity index (χ2n) is 8.51. The fraction of sp³-hybridized carbons (Fsp3) is 0.480.